The molecule has 4 nitrogen and oxygen atoms in total. The van der Waals surface area contributed by atoms with Crippen LogP contribution >= 0.6 is 11.6 Å². The molecule has 1 aromatic rings. The van der Waals surface area contributed by atoms with Crippen molar-refractivity contribution in [1.82, 2.24) is 9.97 Å². The van der Waals surface area contributed by atoms with Crippen molar-refractivity contribution in [3.63, 3.8) is 0 Å². The molecule has 0 saturated carbocycles. The Morgan fingerprint density at radius 1 is 1.50 bits per heavy atom. The molecule has 0 amide bonds. The van der Waals surface area contributed by atoms with Crippen LogP contribution < -0.4 is 11.1 Å². The van der Waals surface area contributed by atoms with Gasteiger partial charge >= 0.3 is 0 Å². The van der Waals surface area contributed by atoms with Gasteiger partial charge in [0.05, 0.1) is 6.20 Å². The predicted molar refractivity (Wildman–Crippen MR) is 67.6 cm³/mol. The van der Waals surface area contributed by atoms with Gasteiger partial charge in [-0.25, -0.2) is 9.97 Å². The summed E-state index contributed by atoms with van der Waals surface area (Å²) >= 11 is 5.95. The van der Waals surface area contributed by atoms with Gasteiger partial charge in [-0.1, -0.05) is 25.4 Å². The van der Waals surface area contributed by atoms with E-state index in [0.29, 0.717) is 10.8 Å². The molecule has 0 spiro atoms. The van der Waals surface area contributed by atoms with Gasteiger partial charge in [0.2, 0.25) is 0 Å². The Hall–Kier alpha value is -0.870. The lowest BCUT2D eigenvalue weighted by molar-refractivity contribution is 0.350. The van der Waals surface area contributed by atoms with Crippen molar-refractivity contribution >= 4 is 17.4 Å². The molecular formula is C11H19ClN4. The monoisotopic (exact) mass is 242 g/mol. The van der Waals surface area contributed by atoms with E-state index in [1.54, 1.807) is 6.20 Å². The van der Waals surface area contributed by atoms with Crippen LogP contribution in [0.15, 0.2) is 12.5 Å². The van der Waals surface area contributed by atoms with Gasteiger partial charge in [-0.05, 0) is 24.8 Å². The smallest absolute Gasteiger partial charge is 0.148 e. The summed E-state index contributed by atoms with van der Waals surface area (Å²) in [4.78, 5) is 7.92. The molecule has 0 radical (unpaired) electrons. The Kier molecular flexibility index (Phi) is 4.96. The van der Waals surface area contributed by atoms with Crippen LogP contribution in [0.1, 0.15) is 26.7 Å². The molecule has 0 aliphatic heterocycles. The third kappa shape index (κ3) is 4.33. The van der Waals surface area contributed by atoms with E-state index >= 15 is 0 Å². The van der Waals surface area contributed by atoms with Crippen LogP contribution in [0.3, 0.4) is 0 Å². The van der Waals surface area contributed by atoms with E-state index in [-0.39, 0.29) is 5.41 Å². The number of nitrogens with two attached hydrogens (primary N) is 1. The first-order valence-corrected chi connectivity index (χ1v) is 5.82. The number of nitrogens with one attached hydrogen (secondary N) is 1. The van der Waals surface area contributed by atoms with Gasteiger partial charge in [0.25, 0.3) is 0 Å². The number of hydrogen-bond donors (Lipinski definition) is 2. The fraction of sp³-hybridized carbons (Fsp3) is 0.636. The fourth-order valence-electron chi connectivity index (χ4n) is 1.43. The topological polar surface area (TPSA) is 63.8 Å². The first kappa shape index (κ1) is 13.2. The van der Waals surface area contributed by atoms with Crippen LogP contribution in [0.2, 0.25) is 5.02 Å². The lowest BCUT2D eigenvalue weighted by Crippen LogP contribution is -2.24. The molecule has 0 saturated heterocycles. The number of anilines is 1. The summed E-state index contributed by atoms with van der Waals surface area (Å²) in [7, 11) is 0. The molecule has 3 N–H and O–H groups in total. The molecule has 90 valence electrons. The zero-order chi connectivity index (χ0) is 12.0. The Balaban J connectivity index is 2.47. The predicted octanol–water partition coefficient (Wildman–Crippen LogP) is 2.31. The molecule has 16 heavy (non-hydrogen) atoms. The van der Waals surface area contributed by atoms with Gasteiger partial charge < -0.3 is 11.1 Å². The fourth-order valence-corrected chi connectivity index (χ4v) is 1.61. The molecule has 0 aliphatic rings. The highest BCUT2D eigenvalue weighted by Crippen LogP contribution is 2.24. The Morgan fingerprint density at radius 3 is 2.88 bits per heavy atom. The second kappa shape index (κ2) is 6.01. The molecule has 5 heteroatoms. The molecule has 1 rings (SSSR count). The van der Waals surface area contributed by atoms with Gasteiger partial charge in [0.15, 0.2) is 0 Å². The van der Waals surface area contributed by atoms with E-state index in [2.05, 4.69) is 29.1 Å². The van der Waals surface area contributed by atoms with Gasteiger partial charge in [-0.2, -0.15) is 0 Å². The Labute approximate surface area is 102 Å². The van der Waals surface area contributed by atoms with E-state index in [9.17, 15) is 0 Å². The van der Waals surface area contributed by atoms with Crippen LogP contribution in [-0.4, -0.2) is 23.1 Å². The maximum absolute atomic E-state index is 5.95. The van der Waals surface area contributed by atoms with Gasteiger partial charge in [-0.3, -0.25) is 0 Å². The molecule has 1 heterocycles. The number of rotatable bonds is 6. The summed E-state index contributed by atoms with van der Waals surface area (Å²) in [5.41, 5.74) is 5.69. The van der Waals surface area contributed by atoms with Crippen molar-refractivity contribution in [2.45, 2.75) is 26.7 Å². The van der Waals surface area contributed by atoms with Crippen molar-refractivity contribution in [2.75, 3.05) is 18.4 Å². The minimum atomic E-state index is 0.188. The standard InChI is InChI=1S/C11H19ClN4/c1-11(2,4-3-5-13)7-15-10-9(12)6-14-8-16-10/h6,8H,3-5,7,13H2,1-2H3,(H,14,15,16). The highest BCUT2D eigenvalue weighted by Gasteiger charge is 2.17. The van der Waals surface area contributed by atoms with Crippen molar-refractivity contribution < 1.29 is 0 Å². The molecule has 0 atom stereocenters. The second-order valence-electron chi connectivity index (χ2n) is 4.63. The Morgan fingerprint density at radius 2 is 2.25 bits per heavy atom. The molecule has 0 aliphatic carbocycles. The van der Waals surface area contributed by atoms with Crippen molar-refractivity contribution in [3.05, 3.63) is 17.5 Å². The summed E-state index contributed by atoms with van der Waals surface area (Å²) in [6.45, 7) is 5.96. The average Bonchev–Trinajstić information content (AvgIpc) is 2.26. The largest absolute Gasteiger partial charge is 0.368 e. The van der Waals surface area contributed by atoms with Crippen LogP contribution in [-0.2, 0) is 0 Å². The minimum Gasteiger partial charge on any atom is -0.368 e. The zero-order valence-corrected chi connectivity index (χ0v) is 10.6. The average molecular weight is 243 g/mol. The van der Waals surface area contributed by atoms with Gasteiger partial charge in [0.1, 0.15) is 17.2 Å². The highest BCUT2D eigenvalue weighted by atomic mass is 35.5. The third-order valence-electron chi connectivity index (χ3n) is 2.46. The summed E-state index contributed by atoms with van der Waals surface area (Å²) in [6, 6.07) is 0. The van der Waals surface area contributed by atoms with Crippen molar-refractivity contribution in [2.24, 2.45) is 11.1 Å². The van der Waals surface area contributed by atoms with E-state index < -0.39 is 0 Å². The maximum Gasteiger partial charge on any atom is 0.148 e. The summed E-state index contributed by atoms with van der Waals surface area (Å²) in [5, 5.41) is 3.79. The SMILES string of the molecule is CC(C)(CCCN)CNc1ncncc1Cl. The normalized spacial score (nSPS) is 11.5. The molecule has 0 bridgehead atoms. The second-order valence-corrected chi connectivity index (χ2v) is 5.04. The van der Waals surface area contributed by atoms with E-state index in [0.717, 1.165) is 25.9 Å². The Bertz CT molecular complexity index is 328. The molecule has 0 unspecified atom stereocenters. The van der Waals surface area contributed by atoms with E-state index in [1.165, 1.54) is 6.33 Å². The van der Waals surface area contributed by atoms with Crippen LogP contribution in [0.4, 0.5) is 5.82 Å². The summed E-state index contributed by atoms with van der Waals surface area (Å²) in [6.07, 6.45) is 5.19. The molecule has 0 fully saturated rings. The van der Waals surface area contributed by atoms with Crippen LogP contribution in [0.5, 0.6) is 0 Å². The van der Waals surface area contributed by atoms with Gasteiger partial charge in [-0.15, -0.1) is 0 Å². The first-order chi connectivity index (χ1) is 7.55. The number of halogens is 1. The minimum absolute atomic E-state index is 0.188. The van der Waals surface area contributed by atoms with Crippen molar-refractivity contribution in [3.8, 4) is 0 Å². The molecular weight excluding hydrogens is 224 g/mol. The first-order valence-electron chi connectivity index (χ1n) is 5.44. The van der Waals surface area contributed by atoms with E-state index in [4.69, 9.17) is 17.3 Å². The lowest BCUT2D eigenvalue weighted by Gasteiger charge is -2.25. The summed E-state index contributed by atoms with van der Waals surface area (Å²) in [5.74, 6) is 0.692. The molecule has 1 aromatic heterocycles. The van der Waals surface area contributed by atoms with Crippen LogP contribution in [0, 0.1) is 5.41 Å². The summed E-state index contributed by atoms with van der Waals surface area (Å²) < 4.78 is 0. The number of nitrogens with zero attached hydrogens (tertiary/aromatic N) is 2. The van der Waals surface area contributed by atoms with Crippen LogP contribution in [0.25, 0.3) is 0 Å². The number of aromatic nitrogens is 2. The van der Waals surface area contributed by atoms with Crippen molar-refractivity contribution in [1.29, 1.82) is 0 Å². The quantitative estimate of drug-likeness (QED) is 0.804. The third-order valence-corrected chi connectivity index (χ3v) is 2.74. The number of hydrogen-bond acceptors (Lipinski definition) is 4. The van der Waals surface area contributed by atoms with Gasteiger partial charge in [0, 0.05) is 6.54 Å². The van der Waals surface area contributed by atoms with E-state index in [1.807, 2.05) is 0 Å². The lowest BCUT2D eigenvalue weighted by atomic mass is 9.88. The molecule has 0 aromatic carbocycles. The maximum atomic E-state index is 5.95. The zero-order valence-electron chi connectivity index (χ0n) is 9.83. The highest BCUT2D eigenvalue weighted by molar-refractivity contribution is 6.32.